The van der Waals surface area contributed by atoms with Crippen LogP contribution in [0.1, 0.15) is 35.2 Å². The number of nitrogens with one attached hydrogen (secondary N) is 2. The molecule has 1 fully saturated rings. The molecule has 156 valence electrons. The molecule has 7 heteroatoms. The Bertz CT molecular complexity index is 1220. The zero-order chi connectivity index (χ0) is 21.2. The highest BCUT2D eigenvalue weighted by atomic mass is 16.1. The lowest BCUT2D eigenvalue weighted by molar-refractivity contribution is 0.0935. The molecular weight excluding hydrogens is 388 g/mol. The summed E-state index contributed by atoms with van der Waals surface area (Å²) in [6, 6.07) is 18.0. The molecule has 2 aromatic heterocycles. The van der Waals surface area contributed by atoms with Gasteiger partial charge in [0.1, 0.15) is 5.82 Å². The van der Waals surface area contributed by atoms with Gasteiger partial charge in [0.2, 0.25) is 0 Å². The smallest absolute Gasteiger partial charge is 0.253 e. The van der Waals surface area contributed by atoms with Crippen molar-refractivity contribution in [3.05, 3.63) is 78.1 Å². The number of amides is 1. The lowest BCUT2D eigenvalue weighted by Gasteiger charge is -2.23. The van der Waals surface area contributed by atoms with Crippen LogP contribution in [0.2, 0.25) is 0 Å². The molecule has 2 atom stereocenters. The number of fused-ring (bicyclic) bond motifs is 1. The van der Waals surface area contributed by atoms with Crippen molar-refractivity contribution < 1.29 is 4.79 Å². The second kappa shape index (κ2) is 8.18. The number of carbonyl (C=O) groups is 1. The summed E-state index contributed by atoms with van der Waals surface area (Å²) in [4.78, 5) is 19.4. The molecule has 0 bridgehead atoms. The van der Waals surface area contributed by atoms with Gasteiger partial charge < -0.3 is 10.6 Å². The summed E-state index contributed by atoms with van der Waals surface area (Å²) < 4.78 is 0. The molecule has 1 saturated carbocycles. The number of anilines is 1. The van der Waals surface area contributed by atoms with Crippen molar-refractivity contribution in [2.45, 2.75) is 38.3 Å². The predicted molar refractivity (Wildman–Crippen MR) is 120 cm³/mol. The van der Waals surface area contributed by atoms with Crippen molar-refractivity contribution >= 4 is 22.6 Å². The molecule has 4 aromatic rings. The molecular formula is C24H24N6O. The number of carbonyl (C=O) groups excluding carboxylic acids is 1. The number of benzene rings is 2. The van der Waals surface area contributed by atoms with E-state index in [1.807, 2.05) is 49.4 Å². The molecule has 31 heavy (non-hydrogen) atoms. The summed E-state index contributed by atoms with van der Waals surface area (Å²) in [5.41, 5.74) is 3.22. The maximum Gasteiger partial charge on any atom is 0.253 e. The van der Waals surface area contributed by atoms with E-state index in [1.165, 1.54) is 4.80 Å². The maximum atomic E-state index is 13.2. The van der Waals surface area contributed by atoms with Gasteiger partial charge in [0.15, 0.2) is 0 Å². The largest absolute Gasteiger partial charge is 0.365 e. The second-order valence-corrected chi connectivity index (χ2v) is 7.99. The fraction of sp³-hybridized carbons (Fsp3) is 0.250. The van der Waals surface area contributed by atoms with E-state index < -0.39 is 0 Å². The minimum absolute atomic E-state index is 0.0275. The summed E-state index contributed by atoms with van der Waals surface area (Å²) in [6.07, 6.45) is 6.18. The summed E-state index contributed by atoms with van der Waals surface area (Å²) in [5, 5.41) is 16.3. The van der Waals surface area contributed by atoms with Crippen molar-refractivity contribution in [1.29, 1.82) is 0 Å². The van der Waals surface area contributed by atoms with Gasteiger partial charge in [-0.2, -0.15) is 15.0 Å². The average molecular weight is 412 g/mol. The number of para-hydroxylation sites is 1. The SMILES string of the molecule is Cc1ccc(-n2nccn2)c(C(=O)N[C@H]2CCC[C@@H]2Nc2ccc3ccccc3n2)c1. The number of nitrogens with zero attached hydrogens (tertiary/aromatic N) is 4. The average Bonchev–Trinajstić information content (AvgIpc) is 3.46. The predicted octanol–water partition coefficient (Wildman–Crippen LogP) is 3.89. The third-order valence-corrected chi connectivity index (χ3v) is 5.80. The quantitative estimate of drug-likeness (QED) is 0.520. The van der Waals surface area contributed by atoms with Crippen LogP contribution in [0.15, 0.2) is 67.0 Å². The highest BCUT2D eigenvalue weighted by Gasteiger charge is 2.30. The summed E-state index contributed by atoms with van der Waals surface area (Å²) in [7, 11) is 0. The van der Waals surface area contributed by atoms with Gasteiger partial charge in [-0.05, 0) is 56.5 Å². The van der Waals surface area contributed by atoms with Gasteiger partial charge in [-0.3, -0.25) is 4.79 Å². The Morgan fingerprint density at radius 2 is 1.81 bits per heavy atom. The molecule has 0 saturated heterocycles. The van der Waals surface area contributed by atoms with Crippen LogP contribution in [0.4, 0.5) is 5.82 Å². The van der Waals surface area contributed by atoms with E-state index in [4.69, 9.17) is 4.98 Å². The Morgan fingerprint density at radius 3 is 2.68 bits per heavy atom. The molecule has 1 aliphatic rings. The van der Waals surface area contributed by atoms with Crippen LogP contribution in [0.5, 0.6) is 0 Å². The van der Waals surface area contributed by atoms with Gasteiger partial charge in [0.05, 0.1) is 29.2 Å². The van der Waals surface area contributed by atoms with Crippen LogP contribution in [-0.2, 0) is 0 Å². The highest BCUT2D eigenvalue weighted by molar-refractivity contribution is 5.98. The van der Waals surface area contributed by atoms with Gasteiger partial charge in [-0.1, -0.05) is 29.8 Å². The van der Waals surface area contributed by atoms with Gasteiger partial charge in [-0.15, -0.1) is 0 Å². The lowest BCUT2D eigenvalue weighted by Crippen LogP contribution is -2.43. The Labute approximate surface area is 180 Å². The molecule has 5 rings (SSSR count). The minimum atomic E-state index is -0.110. The molecule has 0 radical (unpaired) electrons. The summed E-state index contributed by atoms with van der Waals surface area (Å²) in [6.45, 7) is 1.97. The van der Waals surface area contributed by atoms with Crippen LogP contribution in [0.25, 0.3) is 16.6 Å². The van der Waals surface area contributed by atoms with E-state index in [1.54, 1.807) is 12.4 Å². The van der Waals surface area contributed by atoms with E-state index in [2.05, 4.69) is 33.0 Å². The lowest BCUT2D eigenvalue weighted by atomic mass is 10.1. The van der Waals surface area contributed by atoms with Crippen molar-refractivity contribution in [1.82, 2.24) is 25.3 Å². The van der Waals surface area contributed by atoms with Crippen molar-refractivity contribution in [3.63, 3.8) is 0 Å². The normalized spacial score (nSPS) is 18.2. The van der Waals surface area contributed by atoms with Crippen LogP contribution in [0, 0.1) is 6.92 Å². The number of hydrogen-bond donors (Lipinski definition) is 2. The summed E-state index contributed by atoms with van der Waals surface area (Å²) in [5.74, 6) is 0.725. The molecule has 2 N–H and O–H groups in total. The van der Waals surface area contributed by atoms with Crippen LogP contribution in [-0.4, -0.2) is 38.0 Å². The zero-order valence-electron chi connectivity index (χ0n) is 17.3. The number of pyridine rings is 1. The van der Waals surface area contributed by atoms with Gasteiger partial charge in [-0.25, -0.2) is 4.98 Å². The molecule has 7 nitrogen and oxygen atoms in total. The third-order valence-electron chi connectivity index (χ3n) is 5.80. The molecule has 1 aliphatic carbocycles. The Hall–Kier alpha value is -3.74. The zero-order valence-corrected chi connectivity index (χ0v) is 17.3. The molecule has 0 aliphatic heterocycles. The first-order chi connectivity index (χ1) is 15.2. The molecule has 0 spiro atoms. The third kappa shape index (κ3) is 3.99. The number of rotatable bonds is 5. The summed E-state index contributed by atoms with van der Waals surface area (Å²) >= 11 is 0. The Morgan fingerprint density at radius 1 is 1.00 bits per heavy atom. The van der Waals surface area contributed by atoms with E-state index in [9.17, 15) is 4.79 Å². The number of aryl methyl sites for hydroxylation is 1. The fourth-order valence-electron chi connectivity index (χ4n) is 4.23. The number of aromatic nitrogens is 4. The van der Waals surface area contributed by atoms with Crippen LogP contribution < -0.4 is 10.6 Å². The molecule has 2 aromatic carbocycles. The monoisotopic (exact) mass is 412 g/mol. The highest BCUT2D eigenvalue weighted by Crippen LogP contribution is 2.25. The van der Waals surface area contributed by atoms with E-state index >= 15 is 0 Å². The van der Waals surface area contributed by atoms with E-state index in [0.717, 1.165) is 41.5 Å². The van der Waals surface area contributed by atoms with Gasteiger partial charge in [0.25, 0.3) is 5.91 Å². The first-order valence-electron chi connectivity index (χ1n) is 10.6. The van der Waals surface area contributed by atoms with E-state index in [0.29, 0.717) is 11.3 Å². The second-order valence-electron chi connectivity index (χ2n) is 7.99. The van der Waals surface area contributed by atoms with Crippen molar-refractivity contribution in [2.24, 2.45) is 0 Å². The molecule has 2 heterocycles. The molecule has 1 amide bonds. The van der Waals surface area contributed by atoms with Crippen LogP contribution in [0.3, 0.4) is 0 Å². The minimum Gasteiger partial charge on any atom is -0.365 e. The van der Waals surface area contributed by atoms with Crippen molar-refractivity contribution in [2.75, 3.05) is 5.32 Å². The maximum absolute atomic E-state index is 13.2. The van der Waals surface area contributed by atoms with Crippen molar-refractivity contribution in [3.8, 4) is 5.69 Å². The van der Waals surface area contributed by atoms with Crippen LogP contribution >= 0.6 is 0 Å². The van der Waals surface area contributed by atoms with Gasteiger partial charge >= 0.3 is 0 Å². The topological polar surface area (TPSA) is 84.7 Å². The first-order valence-corrected chi connectivity index (χ1v) is 10.6. The fourth-order valence-corrected chi connectivity index (χ4v) is 4.23. The first kappa shape index (κ1) is 19.2. The standard InChI is InChI=1S/C24H24N6O/c1-16-9-11-22(30-25-13-14-26-30)18(15-16)24(31)29-21-8-4-7-20(21)28-23-12-10-17-5-2-3-6-19(17)27-23/h2-3,5-6,9-15,20-21H,4,7-8H2,1H3,(H,27,28)(H,29,31)/t20-,21-/m0/s1. The number of hydrogen-bond acceptors (Lipinski definition) is 5. The van der Waals surface area contributed by atoms with E-state index in [-0.39, 0.29) is 18.0 Å². The Balaban J connectivity index is 1.35. The van der Waals surface area contributed by atoms with Gasteiger partial charge in [0, 0.05) is 17.5 Å². The Kier molecular flexibility index (Phi) is 5.08. The molecule has 0 unspecified atom stereocenters.